The van der Waals surface area contributed by atoms with Gasteiger partial charge in [0.1, 0.15) is 6.61 Å². The molecule has 1 atom stereocenters. The monoisotopic (exact) mass is 389 g/mol. The van der Waals surface area contributed by atoms with Crippen LogP contribution in [-0.4, -0.2) is 49.7 Å². The van der Waals surface area contributed by atoms with E-state index in [1.54, 1.807) is 48.4 Å². The van der Waals surface area contributed by atoms with Crippen LogP contribution in [0.25, 0.3) is 0 Å². The molecule has 2 amide bonds. The number of carbonyl (C=O) groups excluding carboxylic acids is 2. The molecular weight excluding hydrogens is 370 g/mol. The molecule has 1 aromatic heterocycles. The minimum Gasteiger partial charge on any atom is -0.475 e. The van der Waals surface area contributed by atoms with Gasteiger partial charge in [-0.25, -0.2) is 4.98 Å². The maximum atomic E-state index is 12.5. The molecule has 1 aliphatic heterocycles. The number of hydrogen-bond donors (Lipinski definition) is 1. The molecular formula is C19H20ClN3O4. The first-order valence-electron chi connectivity index (χ1n) is 8.51. The number of benzene rings is 1. The molecule has 1 aliphatic rings. The third kappa shape index (κ3) is 4.96. The SMILES string of the molecule is COCCOc1cc(C(=O)N[C@H]2CC(=O)N(c3ccc(Cl)cc3)C2)ccn1. The molecule has 0 spiro atoms. The van der Waals surface area contributed by atoms with E-state index in [0.717, 1.165) is 5.69 Å². The number of hydrogen-bond acceptors (Lipinski definition) is 5. The molecule has 0 aliphatic carbocycles. The van der Waals surface area contributed by atoms with Gasteiger partial charge in [0.15, 0.2) is 0 Å². The maximum absolute atomic E-state index is 12.5. The highest BCUT2D eigenvalue weighted by atomic mass is 35.5. The predicted molar refractivity (Wildman–Crippen MR) is 101 cm³/mol. The van der Waals surface area contributed by atoms with Crippen LogP contribution < -0.4 is 15.0 Å². The van der Waals surface area contributed by atoms with Crippen molar-refractivity contribution in [2.75, 3.05) is 31.8 Å². The minimum atomic E-state index is -0.273. The van der Waals surface area contributed by atoms with E-state index in [2.05, 4.69) is 10.3 Å². The highest BCUT2D eigenvalue weighted by molar-refractivity contribution is 6.30. The lowest BCUT2D eigenvalue weighted by Gasteiger charge is -2.17. The maximum Gasteiger partial charge on any atom is 0.251 e. The number of nitrogens with zero attached hydrogens (tertiary/aromatic N) is 2. The predicted octanol–water partition coefficient (Wildman–Crippen LogP) is 2.30. The van der Waals surface area contributed by atoms with E-state index in [1.165, 1.54) is 6.20 Å². The van der Waals surface area contributed by atoms with Gasteiger partial charge in [0, 0.05) is 48.6 Å². The van der Waals surface area contributed by atoms with Crippen molar-refractivity contribution in [3.8, 4) is 5.88 Å². The Morgan fingerprint density at radius 1 is 1.30 bits per heavy atom. The van der Waals surface area contributed by atoms with Crippen molar-refractivity contribution in [2.24, 2.45) is 0 Å². The second-order valence-electron chi connectivity index (χ2n) is 6.08. The van der Waals surface area contributed by atoms with Gasteiger partial charge >= 0.3 is 0 Å². The second kappa shape index (κ2) is 8.83. The average Bonchev–Trinajstić information content (AvgIpc) is 3.03. The molecule has 27 heavy (non-hydrogen) atoms. The van der Waals surface area contributed by atoms with Crippen LogP contribution >= 0.6 is 11.6 Å². The van der Waals surface area contributed by atoms with E-state index in [1.807, 2.05) is 0 Å². The van der Waals surface area contributed by atoms with Crippen molar-refractivity contribution in [3.63, 3.8) is 0 Å². The number of halogens is 1. The normalized spacial score (nSPS) is 16.4. The van der Waals surface area contributed by atoms with Crippen molar-refractivity contribution in [1.82, 2.24) is 10.3 Å². The van der Waals surface area contributed by atoms with Gasteiger partial charge in [-0.3, -0.25) is 9.59 Å². The van der Waals surface area contributed by atoms with E-state index in [-0.39, 0.29) is 24.3 Å². The summed E-state index contributed by atoms with van der Waals surface area (Å²) in [4.78, 5) is 30.5. The lowest BCUT2D eigenvalue weighted by Crippen LogP contribution is -2.37. The van der Waals surface area contributed by atoms with Gasteiger partial charge in [-0.05, 0) is 30.3 Å². The topological polar surface area (TPSA) is 80.8 Å². The molecule has 1 aromatic carbocycles. The first-order chi connectivity index (χ1) is 13.1. The molecule has 3 rings (SSSR count). The summed E-state index contributed by atoms with van der Waals surface area (Å²) in [5.74, 6) is 0.0377. The minimum absolute atomic E-state index is 0.0408. The highest BCUT2D eigenvalue weighted by Crippen LogP contribution is 2.23. The Morgan fingerprint density at radius 3 is 2.81 bits per heavy atom. The van der Waals surface area contributed by atoms with Crippen LogP contribution in [0.15, 0.2) is 42.6 Å². The van der Waals surface area contributed by atoms with Gasteiger partial charge in [0.05, 0.1) is 12.6 Å². The van der Waals surface area contributed by atoms with Crippen molar-refractivity contribution in [3.05, 3.63) is 53.2 Å². The number of carbonyl (C=O) groups is 2. The Balaban J connectivity index is 1.60. The Morgan fingerprint density at radius 2 is 2.07 bits per heavy atom. The summed E-state index contributed by atoms with van der Waals surface area (Å²) >= 11 is 5.89. The Bertz CT molecular complexity index is 813. The Kier molecular flexibility index (Phi) is 6.26. The standard InChI is InChI=1S/C19H20ClN3O4/c1-26-8-9-27-17-10-13(6-7-21-17)19(25)22-15-11-18(24)23(12-15)16-4-2-14(20)3-5-16/h2-7,10,15H,8-9,11-12H2,1H3,(H,22,25)/t15-/m0/s1. The van der Waals surface area contributed by atoms with Crippen molar-refractivity contribution in [2.45, 2.75) is 12.5 Å². The molecule has 0 radical (unpaired) electrons. The summed E-state index contributed by atoms with van der Waals surface area (Å²) in [5, 5.41) is 3.50. The van der Waals surface area contributed by atoms with E-state index < -0.39 is 0 Å². The first-order valence-corrected chi connectivity index (χ1v) is 8.89. The number of aromatic nitrogens is 1. The summed E-state index contributed by atoms with van der Waals surface area (Å²) in [7, 11) is 1.58. The third-order valence-electron chi connectivity index (χ3n) is 4.13. The number of anilines is 1. The number of pyridine rings is 1. The van der Waals surface area contributed by atoms with Gasteiger partial charge < -0.3 is 19.7 Å². The highest BCUT2D eigenvalue weighted by Gasteiger charge is 2.31. The number of amides is 2. The number of ether oxygens (including phenoxy) is 2. The quantitative estimate of drug-likeness (QED) is 0.735. The first kappa shape index (κ1) is 19.1. The Labute approximate surface area is 162 Å². The lowest BCUT2D eigenvalue weighted by atomic mass is 10.2. The zero-order valence-corrected chi connectivity index (χ0v) is 15.6. The van der Waals surface area contributed by atoms with Crippen LogP contribution in [0.1, 0.15) is 16.8 Å². The fourth-order valence-electron chi connectivity index (χ4n) is 2.80. The molecule has 1 saturated heterocycles. The average molecular weight is 390 g/mol. The summed E-state index contributed by atoms with van der Waals surface area (Å²) in [6, 6.07) is 9.95. The zero-order valence-electron chi connectivity index (χ0n) is 14.9. The van der Waals surface area contributed by atoms with E-state index >= 15 is 0 Å². The largest absolute Gasteiger partial charge is 0.475 e. The summed E-state index contributed by atoms with van der Waals surface area (Å²) in [6.45, 7) is 1.19. The Hall–Kier alpha value is -2.64. The van der Waals surface area contributed by atoms with Gasteiger partial charge in [-0.2, -0.15) is 0 Å². The molecule has 142 valence electrons. The van der Waals surface area contributed by atoms with Crippen LogP contribution in [0.3, 0.4) is 0 Å². The molecule has 1 fully saturated rings. The molecule has 1 N–H and O–H groups in total. The summed E-state index contributed by atoms with van der Waals surface area (Å²) in [6.07, 6.45) is 1.76. The van der Waals surface area contributed by atoms with E-state index in [9.17, 15) is 9.59 Å². The lowest BCUT2D eigenvalue weighted by molar-refractivity contribution is -0.117. The van der Waals surface area contributed by atoms with Crippen molar-refractivity contribution >= 4 is 29.1 Å². The van der Waals surface area contributed by atoms with Crippen LogP contribution in [-0.2, 0) is 9.53 Å². The number of nitrogens with one attached hydrogen (secondary N) is 1. The molecule has 2 heterocycles. The molecule has 7 nitrogen and oxygen atoms in total. The van der Waals surface area contributed by atoms with Crippen molar-refractivity contribution in [1.29, 1.82) is 0 Å². The fourth-order valence-corrected chi connectivity index (χ4v) is 2.93. The summed E-state index contributed by atoms with van der Waals surface area (Å²) < 4.78 is 10.3. The molecule has 0 saturated carbocycles. The zero-order chi connectivity index (χ0) is 19.2. The third-order valence-corrected chi connectivity index (χ3v) is 4.38. The van der Waals surface area contributed by atoms with Gasteiger partial charge in [0.2, 0.25) is 11.8 Å². The van der Waals surface area contributed by atoms with Gasteiger partial charge in [0.25, 0.3) is 5.91 Å². The van der Waals surface area contributed by atoms with Gasteiger partial charge in [-0.15, -0.1) is 0 Å². The van der Waals surface area contributed by atoms with Crippen LogP contribution in [0, 0.1) is 0 Å². The van der Waals surface area contributed by atoms with E-state index in [4.69, 9.17) is 21.1 Å². The molecule has 8 heteroatoms. The van der Waals surface area contributed by atoms with E-state index in [0.29, 0.717) is 36.2 Å². The smallest absolute Gasteiger partial charge is 0.251 e. The summed E-state index contributed by atoms with van der Waals surface area (Å²) in [5.41, 5.74) is 1.19. The molecule has 2 aromatic rings. The molecule has 0 unspecified atom stereocenters. The van der Waals surface area contributed by atoms with Crippen molar-refractivity contribution < 1.29 is 19.1 Å². The van der Waals surface area contributed by atoms with Crippen LogP contribution in [0.5, 0.6) is 5.88 Å². The number of methoxy groups -OCH3 is 1. The van der Waals surface area contributed by atoms with Crippen LogP contribution in [0.2, 0.25) is 5.02 Å². The van der Waals surface area contributed by atoms with Crippen LogP contribution in [0.4, 0.5) is 5.69 Å². The van der Waals surface area contributed by atoms with Gasteiger partial charge in [-0.1, -0.05) is 11.6 Å². The second-order valence-corrected chi connectivity index (χ2v) is 6.52. The number of rotatable bonds is 7. The molecule has 0 bridgehead atoms. The fraction of sp³-hybridized carbons (Fsp3) is 0.316.